The van der Waals surface area contributed by atoms with Gasteiger partial charge in [-0.25, -0.2) is 8.42 Å². The highest BCUT2D eigenvalue weighted by atomic mass is 79.9. The lowest BCUT2D eigenvalue weighted by Crippen LogP contribution is -2.48. The van der Waals surface area contributed by atoms with E-state index in [4.69, 9.17) is 9.47 Å². The van der Waals surface area contributed by atoms with Gasteiger partial charge in [-0.05, 0) is 24.6 Å². The zero-order valence-corrected chi connectivity index (χ0v) is 13.9. The molecule has 1 unspecified atom stereocenters. The first kappa shape index (κ1) is 15.8. The van der Waals surface area contributed by atoms with Gasteiger partial charge in [0.1, 0.15) is 10.6 Å². The molecule has 1 saturated heterocycles. The van der Waals surface area contributed by atoms with Gasteiger partial charge in [0, 0.05) is 17.1 Å². The van der Waals surface area contributed by atoms with E-state index in [9.17, 15) is 8.42 Å². The molecule has 0 radical (unpaired) electrons. The predicted octanol–water partition coefficient (Wildman–Crippen LogP) is 2.26. The lowest BCUT2D eigenvalue weighted by Gasteiger charge is -2.34. The molecule has 1 aromatic rings. The van der Waals surface area contributed by atoms with Gasteiger partial charge in [-0.3, -0.25) is 0 Å². The van der Waals surface area contributed by atoms with Gasteiger partial charge < -0.3 is 9.47 Å². The summed E-state index contributed by atoms with van der Waals surface area (Å²) >= 11 is 3.31. The molecule has 112 valence electrons. The molecule has 1 fully saturated rings. The van der Waals surface area contributed by atoms with Gasteiger partial charge in [-0.15, -0.1) is 0 Å². The smallest absolute Gasteiger partial charge is 0.247 e. The van der Waals surface area contributed by atoms with Crippen LogP contribution in [0, 0.1) is 0 Å². The molecule has 0 aromatic heterocycles. The van der Waals surface area contributed by atoms with Crippen LogP contribution in [-0.4, -0.2) is 45.6 Å². The second kappa shape index (κ2) is 6.43. The second-order valence-electron chi connectivity index (χ2n) is 4.55. The quantitative estimate of drug-likeness (QED) is 0.823. The zero-order valence-electron chi connectivity index (χ0n) is 11.5. The fraction of sp³-hybridized carbons (Fsp3) is 0.538. The number of morpholine rings is 1. The Balaban J connectivity index is 2.46. The van der Waals surface area contributed by atoms with Gasteiger partial charge >= 0.3 is 0 Å². The minimum atomic E-state index is -3.59. The molecular weight excluding hydrogens is 346 g/mol. The Labute approximate surface area is 128 Å². The third-order valence-corrected chi connectivity index (χ3v) is 5.82. The van der Waals surface area contributed by atoms with Crippen LogP contribution in [0.4, 0.5) is 0 Å². The number of benzene rings is 1. The summed E-state index contributed by atoms with van der Waals surface area (Å²) in [5.41, 5.74) is 0. The van der Waals surface area contributed by atoms with Crippen molar-refractivity contribution in [3.8, 4) is 5.75 Å². The fourth-order valence-corrected chi connectivity index (χ4v) is 4.62. The van der Waals surface area contributed by atoms with Crippen LogP contribution >= 0.6 is 15.9 Å². The standard InChI is InChI=1S/C13H18BrNO4S/c1-3-11-9-19-7-6-15(11)20(16,17)13-8-10(14)4-5-12(13)18-2/h4-5,8,11H,3,6-7,9H2,1-2H3. The van der Waals surface area contributed by atoms with Crippen molar-refractivity contribution in [2.45, 2.75) is 24.3 Å². The molecule has 0 aliphatic carbocycles. The lowest BCUT2D eigenvalue weighted by molar-refractivity contribution is 0.0313. The number of halogens is 1. The number of sulfonamides is 1. The molecule has 0 saturated carbocycles. The maximum atomic E-state index is 12.9. The van der Waals surface area contributed by atoms with E-state index in [-0.39, 0.29) is 10.9 Å². The molecule has 1 heterocycles. The van der Waals surface area contributed by atoms with Crippen molar-refractivity contribution in [1.82, 2.24) is 4.31 Å². The maximum absolute atomic E-state index is 12.9. The number of ether oxygens (including phenoxy) is 2. The van der Waals surface area contributed by atoms with Crippen LogP contribution in [0.2, 0.25) is 0 Å². The van der Waals surface area contributed by atoms with E-state index in [0.717, 1.165) is 6.42 Å². The lowest BCUT2D eigenvalue weighted by atomic mass is 10.2. The molecule has 2 rings (SSSR count). The summed E-state index contributed by atoms with van der Waals surface area (Å²) in [6.07, 6.45) is 0.718. The molecule has 20 heavy (non-hydrogen) atoms. The number of rotatable bonds is 4. The Morgan fingerprint density at radius 2 is 2.25 bits per heavy atom. The highest BCUT2D eigenvalue weighted by molar-refractivity contribution is 9.10. The summed E-state index contributed by atoms with van der Waals surface area (Å²) in [5, 5.41) is 0. The topological polar surface area (TPSA) is 55.8 Å². The Kier molecular flexibility index (Phi) is 5.06. The molecule has 0 amide bonds. The Hall–Kier alpha value is -0.630. The van der Waals surface area contributed by atoms with Crippen molar-refractivity contribution in [2.24, 2.45) is 0 Å². The molecule has 5 nitrogen and oxygen atoms in total. The first-order valence-electron chi connectivity index (χ1n) is 6.43. The van der Waals surface area contributed by atoms with Crippen LogP contribution in [0.3, 0.4) is 0 Å². The number of hydrogen-bond donors (Lipinski definition) is 0. The molecular formula is C13H18BrNO4S. The van der Waals surface area contributed by atoms with Gasteiger partial charge in [0.25, 0.3) is 0 Å². The van der Waals surface area contributed by atoms with E-state index in [1.54, 1.807) is 18.2 Å². The van der Waals surface area contributed by atoms with Crippen molar-refractivity contribution < 1.29 is 17.9 Å². The second-order valence-corrected chi connectivity index (χ2v) is 7.32. The minimum absolute atomic E-state index is 0.127. The Morgan fingerprint density at radius 3 is 2.90 bits per heavy atom. The van der Waals surface area contributed by atoms with E-state index in [1.807, 2.05) is 6.92 Å². The van der Waals surface area contributed by atoms with Crippen LogP contribution in [-0.2, 0) is 14.8 Å². The van der Waals surface area contributed by atoms with Gasteiger partial charge in [0.05, 0.1) is 20.3 Å². The van der Waals surface area contributed by atoms with Crippen LogP contribution in [0.15, 0.2) is 27.6 Å². The van der Waals surface area contributed by atoms with Crippen LogP contribution in [0.1, 0.15) is 13.3 Å². The van der Waals surface area contributed by atoms with Gasteiger partial charge in [-0.2, -0.15) is 4.31 Å². The number of nitrogens with zero attached hydrogens (tertiary/aromatic N) is 1. The molecule has 1 aromatic carbocycles. The molecule has 0 spiro atoms. The van der Waals surface area contributed by atoms with Crippen LogP contribution < -0.4 is 4.74 Å². The van der Waals surface area contributed by atoms with Crippen molar-refractivity contribution in [2.75, 3.05) is 26.9 Å². The minimum Gasteiger partial charge on any atom is -0.495 e. The van der Waals surface area contributed by atoms with Crippen molar-refractivity contribution >= 4 is 26.0 Å². The van der Waals surface area contributed by atoms with Gasteiger partial charge in [-0.1, -0.05) is 22.9 Å². The molecule has 0 bridgehead atoms. The summed E-state index contributed by atoms with van der Waals surface area (Å²) in [4.78, 5) is 0.190. The monoisotopic (exact) mass is 363 g/mol. The van der Waals surface area contributed by atoms with Crippen LogP contribution in [0.25, 0.3) is 0 Å². The molecule has 7 heteroatoms. The van der Waals surface area contributed by atoms with E-state index in [2.05, 4.69) is 15.9 Å². The van der Waals surface area contributed by atoms with E-state index in [1.165, 1.54) is 11.4 Å². The summed E-state index contributed by atoms with van der Waals surface area (Å²) in [6.45, 7) is 3.19. The van der Waals surface area contributed by atoms with E-state index in [0.29, 0.717) is 30.0 Å². The van der Waals surface area contributed by atoms with Gasteiger partial charge in [0.15, 0.2) is 0 Å². The Morgan fingerprint density at radius 1 is 1.50 bits per heavy atom. The van der Waals surface area contributed by atoms with E-state index < -0.39 is 10.0 Å². The SMILES string of the molecule is CCC1COCCN1S(=O)(=O)c1cc(Br)ccc1OC. The predicted molar refractivity (Wildman–Crippen MR) is 79.5 cm³/mol. The Bertz CT molecular complexity index is 576. The molecule has 1 aliphatic rings. The third-order valence-electron chi connectivity index (χ3n) is 3.36. The third kappa shape index (κ3) is 3.00. The summed E-state index contributed by atoms with van der Waals surface area (Å²) in [7, 11) is -2.12. The average Bonchev–Trinajstić information content (AvgIpc) is 2.47. The normalized spacial score (nSPS) is 20.9. The first-order valence-corrected chi connectivity index (χ1v) is 8.67. The molecule has 0 N–H and O–H groups in total. The molecule has 1 atom stereocenters. The highest BCUT2D eigenvalue weighted by Gasteiger charge is 2.34. The van der Waals surface area contributed by atoms with Crippen molar-refractivity contribution in [3.63, 3.8) is 0 Å². The largest absolute Gasteiger partial charge is 0.495 e. The first-order chi connectivity index (χ1) is 9.50. The van der Waals surface area contributed by atoms with Crippen LogP contribution in [0.5, 0.6) is 5.75 Å². The zero-order chi connectivity index (χ0) is 14.8. The van der Waals surface area contributed by atoms with Gasteiger partial charge in [0.2, 0.25) is 10.0 Å². The summed E-state index contributed by atoms with van der Waals surface area (Å²) in [6, 6.07) is 4.86. The summed E-state index contributed by atoms with van der Waals surface area (Å²) < 4.78 is 38.5. The number of methoxy groups -OCH3 is 1. The number of hydrogen-bond acceptors (Lipinski definition) is 4. The highest BCUT2D eigenvalue weighted by Crippen LogP contribution is 2.31. The fourth-order valence-electron chi connectivity index (χ4n) is 2.26. The van der Waals surface area contributed by atoms with E-state index >= 15 is 0 Å². The maximum Gasteiger partial charge on any atom is 0.247 e. The summed E-state index contributed by atoms with van der Waals surface area (Å²) in [5.74, 6) is 0.356. The molecule has 1 aliphatic heterocycles. The average molecular weight is 364 g/mol. The van der Waals surface area contributed by atoms with Crippen molar-refractivity contribution in [3.05, 3.63) is 22.7 Å². The van der Waals surface area contributed by atoms with Crippen molar-refractivity contribution in [1.29, 1.82) is 0 Å².